The van der Waals surface area contributed by atoms with Crippen LogP contribution in [0.4, 0.5) is 0 Å². The molecule has 0 bridgehead atoms. The van der Waals surface area contributed by atoms with Gasteiger partial charge in [0.05, 0.1) is 17.8 Å². The molecular formula is C15H12N2O. The monoisotopic (exact) mass is 236 g/mol. The van der Waals surface area contributed by atoms with Gasteiger partial charge in [-0.25, -0.2) is 0 Å². The van der Waals surface area contributed by atoms with Gasteiger partial charge in [0.15, 0.2) is 0 Å². The first kappa shape index (κ1) is 11.9. The molecule has 0 aliphatic rings. The van der Waals surface area contributed by atoms with Crippen molar-refractivity contribution in [3.05, 3.63) is 71.3 Å². The fraction of sp³-hybridized carbons (Fsp3) is 0.0667. The maximum absolute atomic E-state index is 8.90. The van der Waals surface area contributed by atoms with E-state index in [1.54, 1.807) is 12.3 Å². The van der Waals surface area contributed by atoms with Gasteiger partial charge in [-0.15, -0.1) is 0 Å². The molecule has 0 unspecified atom stereocenters. The van der Waals surface area contributed by atoms with Crippen molar-refractivity contribution in [1.82, 2.24) is 0 Å². The second-order valence-corrected chi connectivity index (χ2v) is 3.69. The summed E-state index contributed by atoms with van der Waals surface area (Å²) in [6.45, 7) is 0.423. The van der Waals surface area contributed by atoms with E-state index in [2.05, 4.69) is 11.2 Å². The number of nitriles is 1. The van der Waals surface area contributed by atoms with Crippen molar-refractivity contribution in [3.8, 4) is 6.07 Å². The molecule has 88 valence electrons. The lowest BCUT2D eigenvalue weighted by Gasteiger charge is -1.99. The van der Waals surface area contributed by atoms with Crippen LogP contribution in [0.15, 0.2) is 59.8 Å². The molecule has 0 fully saturated rings. The second-order valence-electron chi connectivity index (χ2n) is 3.69. The lowest BCUT2D eigenvalue weighted by Crippen LogP contribution is -1.90. The third kappa shape index (κ3) is 3.19. The Kier molecular flexibility index (Phi) is 4.10. The van der Waals surface area contributed by atoms with Gasteiger partial charge in [0.25, 0.3) is 0 Å². The molecule has 2 rings (SSSR count). The van der Waals surface area contributed by atoms with Crippen LogP contribution in [0, 0.1) is 11.3 Å². The Bertz CT molecular complexity index is 571. The normalized spacial score (nSPS) is 10.2. The van der Waals surface area contributed by atoms with Gasteiger partial charge < -0.3 is 4.84 Å². The molecule has 0 saturated heterocycles. The Morgan fingerprint density at radius 2 is 1.78 bits per heavy atom. The molecule has 0 aliphatic heterocycles. The number of hydrogen-bond acceptors (Lipinski definition) is 3. The van der Waals surface area contributed by atoms with Crippen molar-refractivity contribution < 1.29 is 4.84 Å². The van der Waals surface area contributed by atoms with E-state index in [4.69, 9.17) is 10.1 Å². The van der Waals surface area contributed by atoms with Crippen LogP contribution in [0.5, 0.6) is 0 Å². The van der Waals surface area contributed by atoms with Crippen molar-refractivity contribution >= 4 is 6.21 Å². The first-order valence-corrected chi connectivity index (χ1v) is 5.58. The average molecular weight is 236 g/mol. The lowest BCUT2D eigenvalue weighted by atomic mass is 10.1. The molecule has 3 nitrogen and oxygen atoms in total. The van der Waals surface area contributed by atoms with E-state index in [1.807, 2.05) is 48.5 Å². The van der Waals surface area contributed by atoms with Crippen LogP contribution in [0.3, 0.4) is 0 Å². The van der Waals surface area contributed by atoms with Crippen LogP contribution in [0.2, 0.25) is 0 Å². The minimum Gasteiger partial charge on any atom is -0.391 e. The number of rotatable bonds is 4. The topological polar surface area (TPSA) is 45.4 Å². The third-order valence-corrected chi connectivity index (χ3v) is 2.42. The summed E-state index contributed by atoms with van der Waals surface area (Å²) in [5, 5.41) is 12.8. The predicted molar refractivity (Wildman–Crippen MR) is 70.0 cm³/mol. The summed E-state index contributed by atoms with van der Waals surface area (Å²) in [6.07, 6.45) is 1.56. The van der Waals surface area contributed by atoms with Crippen molar-refractivity contribution in [3.63, 3.8) is 0 Å². The van der Waals surface area contributed by atoms with Gasteiger partial charge in [-0.1, -0.05) is 53.7 Å². The molecule has 3 heteroatoms. The minimum absolute atomic E-state index is 0.423. The molecule has 0 spiro atoms. The quantitative estimate of drug-likeness (QED) is 0.604. The lowest BCUT2D eigenvalue weighted by molar-refractivity contribution is 0.132. The highest BCUT2D eigenvalue weighted by molar-refractivity contribution is 5.82. The van der Waals surface area contributed by atoms with E-state index in [-0.39, 0.29) is 0 Å². The molecule has 0 saturated carbocycles. The summed E-state index contributed by atoms with van der Waals surface area (Å²) >= 11 is 0. The van der Waals surface area contributed by atoms with Crippen molar-refractivity contribution in [2.75, 3.05) is 0 Å². The summed E-state index contributed by atoms with van der Waals surface area (Å²) in [7, 11) is 0. The minimum atomic E-state index is 0.423. The van der Waals surface area contributed by atoms with Gasteiger partial charge >= 0.3 is 0 Å². The first-order valence-electron chi connectivity index (χ1n) is 5.58. The fourth-order valence-corrected chi connectivity index (χ4v) is 1.49. The average Bonchev–Trinajstić information content (AvgIpc) is 2.45. The van der Waals surface area contributed by atoms with Gasteiger partial charge in [-0.05, 0) is 11.6 Å². The van der Waals surface area contributed by atoms with Crippen molar-refractivity contribution in [1.29, 1.82) is 5.26 Å². The molecule has 0 aromatic heterocycles. The van der Waals surface area contributed by atoms with Gasteiger partial charge in [-0.2, -0.15) is 5.26 Å². The zero-order valence-electron chi connectivity index (χ0n) is 9.78. The van der Waals surface area contributed by atoms with Crippen LogP contribution >= 0.6 is 0 Å². The SMILES string of the molecule is N#Cc1ccccc1/C=N/OCc1ccccc1. The highest BCUT2D eigenvalue weighted by atomic mass is 16.6. The van der Waals surface area contributed by atoms with E-state index in [0.717, 1.165) is 11.1 Å². The Morgan fingerprint density at radius 1 is 1.06 bits per heavy atom. The number of benzene rings is 2. The highest BCUT2D eigenvalue weighted by Gasteiger charge is 1.96. The molecule has 2 aromatic rings. The molecule has 0 heterocycles. The smallest absolute Gasteiger partial charge is 0.142 e. The van der Waals surface area contributed by atoms with E-state index in [0.29, 0.717) is 12.2 Å². The van der Waals surface area contributed by atoms with E-state index >= 15 is 0 Å². The molecule has 0 N–H and O–H groups in total. The molecule has 18 heavy (non-hydrogen) atoms. The fourth-order valence-electron chi connectivity index (χ4n) is 1.49. The summed E-state index contributed by atoms with van der Waals surface area (Å²) in [4.78, 5) is 5.18. The van der Waals surface area contributed by atoms with Gasteiger partial charge in [-0.3, -0.25) is 0 Å². The maximum atomic E-state index is 8.90. The second kappa shape index (κ2) is 6.21. The molecular weight excluding hydrogens is 224 g/mol. The number of hydrogen-bond donors (Lipinski definition) is 0. The zero-order valence-corrected chi connectivity index (χ0v) is 9.78. The van der Waals surface area contributed by atoms with Crippen LogP contribution in [-0.2, 0) is 11.4 Å². The highest BCUT2D eigenvalue weighted by Crippen LogP contribution is 2.05. The van der Waals surface area contributed by atoms with Crippen LogP contribution in [0.25, 0.3) is 0 Å². The zero-order chi connectivity index (χ0) is 12.6. The standard InChI is InChI=1S/C15H12N2O/c16-10-14-8-4-5-9-15(14)11-17-18-12-13-6-2-1-3-7-13/h1-9,11H,12H2/b17-11+. The first-order chi connectivity index (χ1) is 8.90. The predicted octanol–water partition coefficient (Wildman–Crippen LogP) is 3.11. The molecule has 0 amide bonds. The summed E-state index contributed by atoms with van der Waals surface area (Å²) < 4.78 is 0. The van der Waals surface area contributed by atoms with Gasteiger partial charge in [0.2, 0.25) is 0 Å². The van der Waals surface area contributed by atoms with Crippen molar-refractivity contribution in [2.45, 2.75) is 6.61 Å². The molecule has 0 radical (unpaired) electrons. The Labute approximate surface area is 106 Å². The largest absolute Gasteiger partial charge is 0.391 e. The Balaban J connectivity index is 1.94. The summed E-state index contributed by atoms with van der Waals surface area (Å²) in [6, 6.07) is 19.2. The summed E-state index contributed by atoms with van der Waals surface area (Å²) in [5.41, 5.74) is 2.40. The van der Waals surface area contributed by atoms with Crippen LogP contribution < -0.4 is 0 Å². The van der Waals surface area contributed by atoms with Crippen LogP contribution in [-0.4, -0.2) is 6.21 Å². The maximum Gasteiger partial charge on any atom is 0.142 e. The third-order valence-electron chi connectivity index (χ3n) is 2.42. The molecule has 0 aliphatic carbocycles. The Morgan fingerprint density at radius 3 is 2.56 bits per heavy atom. The van der Waals surface area contributed by atoms with E-state index in [1.165, 1.54) is 0 Å². The number of nitrogens with zero attached hydrogens (tertiary/aromatic N) is 2. The number of oxime groups is 1. The van der Waals surface area contributed by atoms with Crippen molar-refractivity contribution in [2.24, 2.45) is 5.16 Å². The Hall–Kier alpha value is -2.60. The van der Waals surface area contributed by atoms with Crippen LogP contribution in [0.1, 0.15) is 16.7 Å². The molecule has 2 aromatic carbocycles. The van der Waals surface area contributed by atoms with E-state index in [9.17, 15) is 0 Å². The van der Waals surface area contributed by atoms with E-state index < -0.39 is 0 Å². The van der Waals surface area contributed by atoms with Gasteiger partial charge in [0, 0.05) is 5.56 Å². The molecule has 0 atom stereocenters. The van der Waals surface area contributed by atoms with Gasteiger partial charge in [0.1, 0.15) is 6.61 Å². The summed E-state index contributed by atoms with van der Waals surface area (Å²) in [5.74, 6) is 0.